The third kappa shape index (κ3) is 10.2. The molecule has 5 atom stereocenters. The van der Waals surface area contributed by atoms with Gasteiger partial charge in [0.15, 0.2) is 6.29 Å². The van der Waals surface area contributed by atoms with Crippen molar-refractivity contribution < 1.29 is 48.8 Å². The van der Waals surface area contributed by atoms with Gasteiger partial charge in [-0.1, -0.05) is 0 Å². The van der Waals surface area contributed by atoms with Gasteiger partial charge in [-0.05, 0) is 12.8 Å². The summed E-state index contributed by atoms with van der Waals surface area (Å²) in [5.41, 5.74) is 0. The Morgan fingerprint density at radius 3 is 1.97 bits per heavy atom. The summed E-state index contributed by atoms with van der Waals surface area (Å²) in [6.45, 7) is 0.682. The van der Waals surface area contributed by atoms with Gasteiger partial charge in [0, 0.05) is 12.5 Å². The van der Waals surface area contributed by atoms with E-state index in [9.17, 15) is 15.3 Å². The van der Waals surface area contributed by atoms with Gasteiger partial charge in [0.25, 0.3) is 0 Å². The molecule has 0 radical (unpaired) electrons. The van der Waals surface area contributed by atoms with Crippen molar-refractivity contribution >= 4 is 12.6 Å². The number of aliphatic hydroxyl groups excluding tert-OH is 4. The van der Waals surface area contributed by atoms with Crippen molar-refractivity contribution in [3.05, 3.63) is 0 Å². The lowest BCUT2D eigenvalue weighted by atomic mass is 9.85. The molecule has 10 nitrogen and oxygen atoms in total. The molecule has 0 aromatic carbocycles. The molecule has 1 fully saturated rings. The highest BCUT2D eigenvalue weighted by atomic mass is 32.1. The van der Waals surface area contributed by atoms with Gasteiger partial charge in [0.1, 0.15) is 12.2 Å². The lowest BCUT2D eigenvalue weighted by Crippen LogP contribution is -2.58. The monoisotopic (exact) mass is 444 g/mol. The minimum atomic E-state index is -0.798. The van der Waals surface area contributed by atoms with Crippen molar-refractivity contribution in [2.24, 2.45) is 5.92 Å². The molecular weight excluding hydrogens is 408 g/mol. The molecule has 1 rings (SSSR count). The highest BCUT2D eigenvalue weighted by Gasteiger charge is 2.47. The Labute approximate surface area is 177 Å². The SMILES string of the molecule is OCCCC1C(OCCO)C(COCCOCS)OC(OCCO)C1OCCO. The van der Waals surface area contributed by atoms with Crippen LogP contribution in [0.3, 0.4) is 0 Å². The maximum Gasteiger partial charge on any atom is 0.184 e. The van der Waals surface area contributed by atoms with Crippen LogP contribution in [0, 0.1) is 5.92 Å². The van der Waals surface area contributed by atoms with Crippen LogP contribution < -0.4 is 0 Å². The number of ether oxygens (including phenoxy) is 6. The predicted molar refractivity (Wildman–Crippen MR) is 106 cm³/mol. The standard InChI is InChI=1S/C18H36O10S/c19-3-1-2-14-16(25-7-4-20)15(12-23-10-11-24-13-29)28-18(27-9-6-22)17(14)26-8-5-21/h14-22,29H,1-13H2. The van der Waals surface area contributed by atoms with E-state index in [2.05, 4.69) is 12.6 Å². The molecule has 0 saturated carbocycles. The first-order valence-electron chi connectivity index (χ1n) is 9.93. The molecule has 0 aromatic heterocycles. The van der Waals surface area contributed by atoms with E-state index in [1.807, 2.05) is 0 Å². The van der Waals surface area contributed by atoms with Crippen LogP contribution in [-0.4, -0.2) is 117 Å². The molecule has 1 aliphatic heterocycles. The molecule has 1 heterocycles. The molecular formula is C18H36O10S. The third-order valence-corrected chi connectivity index (χ3v) is 4.59. The fraction of sp³-hybridized carbons (Fsp3) is 1.00. The smallest absolute Gasteiger partial charge is 0.184 e. The Morgan fingerprint density at radius 2 is 1.34 bits per heavy atom. The van der Waals surface area contributed by atoms with Gasteiger partial charge in [0.05, 0.1) is 71.5 Å². The first-order valence-corrected chi connectivity index (χ1v) is 10.6. The second-order valence-corrected chi connectivity index (χ2v) is 6.66. The summed E-state index contributed by atoms with van der Waals surface area (Å²) in [7, 11) is 0. The van der Waals surface area contributed by atoms with Gasteiger partial charge in [-0.15, -0.1) is 0 Å². The third-order valence-electron chi connectivity index (χ3n) is 4.41. The molecule has 11 heteroatoms. The molecule has 0 aromatic rings. The molecule has 174 valence electrons. The van der Waals surface area contributed by atoms with E-state index in [0.717, 1.165) is 0 Å². The number of aliphatic hydroxyl groups is 4. The molecule has 1 aliphatic rings. The van der Waals surface area contributed by atoms with Crippen LogP contribution in [-0.2, 0) is 28.4 Å². The Morgan fingerprint density at radius 1 is 0.724 bits per heavy atom. The zero-order valence-electron chi connectivity index (χ0n) is 16.8. The van der Waals surface area contributed by atoms with Gasteiger partial charge in [-0.25, -0.2) is 0 Å². The van der Waals surface area contributed by atoms with E-state index in [1.54, 1.807) is 0 Å². The summed E-state index contributed by atoms with van der Waals surface area (Å²) < 4.78 is 34.1. The van der Waals surface area contributed by atoms with E-state index in [1.165, 1.54) is 0 Å². The number of rotatable bonds is 18. The van der Waals surface area contributed by atoms with Gasteiger partial charge in [-0.3, -0.25) is 0 Å². The molecule has 0 amide bonds. The lowest BCUT2D eigenvalue weighted by Gasteiger charge is -2.46. The highest BCUT2D eigenvalue weighted by molar-refractivity contribution is 7.80. The predicted octanol–water partition coefficient (Wildman–Crippen LogP) is -1.22. The van der Waals surface area contributed by atoms with Crippen LogP contribution in [0.5, 0.6) is 0 Å². The van der Waals surface area contributed by atoms with Gasteiger partial charge >= 0.3 is 0 Å². The summed E-state index contributed by atoms with van der Waals surface area (Å²) in [5, 5.41) is 36.8. The van der Waals surface area contributed by atoms with Crippen molar-refractivity contribution in [2.45, 2.75) is 37.4 Å². The first-order chi connectivity index (χ1) is 14.2. The van der Waals surface area contributed by atoms with Crippen molar-refractivity contribution in [1.29, 1.82) is 0 Å². The van der Waals surface area contributed by atoms with E-state index >= 15 is 0 Å². The molecule has 5 unspecified atom stereocenters. The summed E-state index contributed by atoms with van der Waals surface area (Å²) in [6.07, 6.45) is -1.29. The minimum Gasteiger partial charge on any atom is -0.396 e. The van der Waals surface area contributed by atoms with Crippen LogP contribution in [0.1, 0.15) is 12.8 Å². The molecule has 0 aliphatic carbocycles. The maximum absolute atomic E-state index is 9.32. The largest absolute Gasteiger partial charge is 0.396 e. The van der Waals surface area contributed by atoms with Gasteiger partial charge in [0.2, 0.25) is 0 Å². The van der Waals surface area contributed by atoms with Crippen LogP contribution >= 0.6 is 12.6 Å². The van der Waals surface area contributed by atoms with Crippen molar-refractivity contribution in [1.82, 2.24) is 0 Å². The summed E-state index contributed by atoms with van der Waals surface area (Å²) in [6, 6.07) is 0. The Balaban J connectivity index is 2.93. The maximum atomic E-state index is 9.32. The highest BCUT2D eigenvalue weighted by Crippen LogP contribution is 2.34. The van der Waals surface area contributed by atoms with Crippen LogP contribution in [0.2, 0.25) is 0 Å². The second kappa shape index (κ2) is 17.6. The Bertz CT molecular complexity index is 379. The van der Waals surface area contributed by atoms with Crippen LogP contribution in [0.25, 0.3) is 0 Å². The zero-order valence-corrected chi connectivity index (χ0v) is 17.7. The van der Waals surface area contributed by atoms with E-state index in [-0.39, 0.29) is 58.8 Å². The molecule has 4 N–H and O–H groups in total. The lowest BCUT2D eigenvalue weighted by molar-refractivity contribution is -0.309. The summed E-state index contributed by atoms with van der Waals surface area (Å²) in [4.78, 5) is 0. The minimum absolute atomic E-state index is 0.00118. The van der Waals surface area contributed by atoms with Crippen molar-refractivity contribution in [3.63, 3.8) is 0 Å². The number of thiol groups is 1. The first kappa shape index (κ1) is 27.0. The van der Waals surface area contributed by atoms with E-state index in [4.69, 9.17) is 33.5 Å². The second-order valence-electron chi connectivity index (χ2n) is 6.40. The van der Waals surface area contributed by atoms with E-state index in [0.29, 0.717) is 32.0 Å². The number of hydrogen-bond donors (Lipinski definition) is 5. The topological polar surface area (TPSA) is 136 Å². The van der Waals surface area contributed by atoms with Crippen LogP contribution in [0.15, 0.2) is 0 Å². The van der Waals surface area contributed by atoms with Gasteiger partial charge in [-0.2, -0.15) is 12.6 Å². The van der Waals surface area contributed by atoms with Crippen molar-refractivity contribution in [2.75, 3.05) is 72.0 Å². The zero-order chi connectivity index (χ0) is 21.3. The molecule has 29 heavy (non-hydrogen) atoms. The molecule has 1 saturated heterocycles. The summed E-state index contributed by atoms with van der Waals surface area (Å²) in [5.74, 6) is 0.0652. The molecule has 0 spiro atoms. The van der Waals surface area contributed by atoms with Crippen LogP contribution in [0.4, 0.5) is 0 Å². The Hall–Kier alpha value is -0.0500. The number of hydrogen-bond acceptors (Lipinski definition) is 11. The average Bonchev–Trinajstić information content (AvgIpc) is 2.74. The van der Waals surface area contributed by atoms with Gasteiger partial charge < -0.3 is 48.8 Å². The summed E-state index contributed by atoms with van der Waals surface area (Å²) >= 11 is 3.97. The fourth-order valence-electron chi connectivity index (χ4n) is 3.28. The quantitative estimate of drug-likeness (QED) is 0.0994. The Kier molecular flexibility index (Phi) is 16.4. The normalized spacial score (nSPS) is 27.4. The van der Waals surface area contributed by atoms with E-state index < -0.39 is 24.6 Å². The molecule has 0 bridgehead atoms. The average molecular weight is 445 g/mol. The fourth-order valence-corrected chi connectivity index (χ4v) is 3.41. The van der Waals surface area contributed by atoms with Crippen molar-refractivity contribution in [3.8, 4) is 0 Å².